The van der Waals surface area contributed by atoms with Crippen LogP contribution in [0.5, 0.6) is 0 Å². The lowest BCUT2D eigenvalue weighted by molar-refractivity contribution is -0.147. The molecule has 0 saturated carbocycles. The molecule has 116 valence electrons. The standard InChI is InChI=1S/C13H24N2O4S/c1-3-13(12(16)17)8-6-10-15(13)20(18,19)14-9-5-4-7-11(14)2/h11H,3-10H2,1-2H3,(H,16,17). The predicted molar refractivity (Wildman–Crippen MR) is 75.5 cm³/mol. The van der Waals surface area contributed by atoms with Crippen LogP contribution in [-0.2, 0) is 15.0 Å². The zero-order valence-electron chi connectivity index (χ0n) is 12.2. The molecule has 2 rings (SSSR count). The van der Waals surface area contributed by atoms with Crippen LogP contribution in [0.1, 0.15) is 52.4 Å². The summed E-state index contributed by atoms with van der Waals surface area (Å²) in [6.07, 6.45) is 4.06. The Balaban J connectivity index is 2.35. The van der Waals surface area contributed by atoms with Gasteiger partial charge in [0.1, 0.15) is 5.54 Å². The van der Waals surface area contributed by atoms with Crippen molar-refractivity contribution in [2.45, 2.75) is 64.0 Å². The lowest BCUT2D eigenvalue weighted by atomic mass is 9.95. The van der Waals surface area contributed by atoms with Gasteiger partial charge in [0.15, 0.2) is 0 Å². The maximum absolute atomic E-state index is 12.9. The Morgan fingerprint density at radius 2 is 2.00 bits per heavy atom. The van der Waals surface area contributed by atoms with Gasteiger partial charge in [-0.25, -0.2) is 0 Å². The van der Waals surface area contributed by atoms with Crippen molar-refractivity contribution in [3.05, 3.63) is 0 Å². The molecule has 0 aliphatic carbocycles. The smallest absolute Gasteiger partial charge is 0.325 e. The zero-order chi connectivity index (χ0) is 15.0. The summed E-state index contributed by atoms with van der Waals surface area (Å²) in [6, 6.07) is -0.0438. The number of hydrogen-bond acceptors (Lipinski definition) is 3. The quantitative estimate of drug-likeness (QED) is 0.852. The lowest BCUT2D eigenvalue weighted by Gasteiger charge is -2.40. The highest BCUT2D eigenvalue weighted by atomic mass is 32.2. The summed E-state index contributed by atoms with van der Waals surface area (Å²) in [7, 11) is -3.69. The summed E-state index contributed by atoms with van der Waals surface area (Å²) in [5, 5.41) is 9.54. The van der Waals surface area contributed by atoms with Crippen molar-refractivity contribution < 1.29 is 18.3 Å². The molecule has 2 fully saturated rings. The van der Waals surface area contributed by atoms with E-state index in [4.69, 9.17) is 0 Å². The van der Waals surface area contributed by atoms with Crippen LogP contribution < -0.4 is 0 Å². The zero-order valence-corrected chi connectivity index (χ0v) is 13.0. The normalized spacial score (nSPS) is 33.4. The molecule has 20 heavy (non-hydrogen) atoms. The first-order chi connectivity index (χ1) is 9.36. The molecule has 7 heteroatoms. The SMILES string of the molecule is CCC1(C(=O)O)CCCN1S(=O)(=O)N1CCCCC1C. The van der Waals surface area contributed by atoms with Crippen LogP contribution in [0.4, 0.5) is 0 Å². The Hall–Kier alpha value is -0.660. The summed E-state index contributed by atoms with van der Waals surface area (Å²) in [6.45, 7) is 4.47. The number of carboxylic acids is 1. The van der Waals surface area contributed by atoms with Crippen LogP contribution in [0.2, 0.25) is 0 Å². The monoisotopic (exact) mass is 304 g/mol. The maximum Gasteiger partial charge on any atom is 0.325 e. The van der Waals surface area contributed by atoms with E-state index < -0.39 is 21.7 Å². The number of hydrogen-bond donors (Lipinski definition) is 1. The molecule has 1 N–H and O–H groups in total. The van der Waals surface area contributed by atoms with Crippen molar-refractivity contribution in [3.63, 3.8) is 0 Å². The topological polar surface area (TPSA) is 77.9 Å². The highest BCUT2D eigenvalue weighted by Gasteiger charge is 2.53. The fourth-order valence-electron chi connectivity index (χ4n) is 3.45. The van der Waals surface area contributed by atoms with Crippen molar-refractivity contribution >= 4 is 16.2 Å². The van der Waals surface area contributed by atoms with Crippen LogP contribution in [0.25, 0.3) is 0 Å². The van der Waals surface area contributed by atoms with Crippen molar-refractivity contribution in [3.8, 4) is 0 Å². The third-order valence-electron chi connectivity index (χ3n) is 4.73. The number of rotatable bonds is 4. The van der Waals surface area contributed by atoms with Gasteiger partial charge >= 0.3 is 5.97 Å². The van der Waals surface area contributed by atoms with Crippen molar-refractivity contribution in [2.75, 3.05) is 13.1 Å². The molecule has 0 bridgehead atoms. The highest BCUT2D eigenvalue weighted by molar-refractivity contribution is 7.86. The molecule has 2 aliphatic heterocycles. The van der Waals surface area contributed by atoms with Gasteiger partial charge in [-0.1, -0.05) is 13.3 Å². The molecule has 0 aromatic carbocycles. The minimum Gasteiger partial charge on any atom is -0.480 e. The number of nitrogens with zero attached hydrogens (tertiary/aromatic N) is 2. The van der Waals surface area contributed by atoms with E-state index in [1.54, 1.807) is 6.92 Å². The Labute approximate surface area is 120 Å². The molecule has 0 spiro atoms. The minimum absolute atomic E-state index is 0.0438. The van der Waals surface area contributed by atoms with Gasteiger partial charge in [0.25, 0.3) is 10.2 Å². The first kappa shape index (κ1) is 15.7. The summed E-state index contributed by atoms with van der Waals surface area (Å²) >= 11 is 0. The summed E-state index contributed by atoms with van der Waals surface area (Å²) in [5.41, 5.74) is -1.25. The second-order valence-corrected chi connectivity index (χ2v) is 7.63. The van der Waals surface area contributed by atoms with Crippen molar-refractivity contribution in [1.29, 1.82) is 0 Å². The molecular weight excluding hydrogens is 280 g/mol. The molecule has 2 saturated heterocycles. The van der Waals surface area contributed by atoms with E-state index in [1.807, 2.05) is 6.92 Å². The first-order valence-corrected chi connectivity index (χ1v) is 8.79. The summed E-state index contributed by atoms with van der Waals surface area (Å²) < 4.78 is 28.5. The average Bonchev–Trinajstić information content (AvgIpc) is 2.84. The van der Waals surface area contributed by atoms with Crippen molar-refractivity contribution in [2.24, 2.45) is 0 Å². The molecule has 0 amide bonds. The molecule has 6 nitrogen and oxygen atoms in total. The van der Waals surface area contributed by atoms with Gasteiger partial charge in [0, 0.05) is 19.1 Å². The molecule has 2 atom stereocenters. The molecule has 0 aromatic heterocycles. The second-order valence-electron chi connectivity index (χ2n) is 5.83. The van der Waals surface area contributed by atoms with Gasteiger partial charge in [-0.05, 0) is 39.0 Å². The van der Waals surface area contributed by atoms with E-state index in [9.17, 15) is 18.3 Å². The van der Waals surface area contributed by atoms with Crippen LogP contribution in [-0.4, -0.2) is 52.8 Å². The molecular formula is C13H24N2O4S. The summed E-state index contributed by atoms with van der Waals surface area (Å²) in [4.78, 5) is 11.7. The number of piperidine rings is 1. The van der Waals surface area contributed by atoms with Crippen LogP contribution in [0, 0.1) is 0 Å². The molecule has 2 aliphatic rings. The van der Waals surface area contributed by atoms with E-state index in [-0.39, 0.29) is 6.04 Å². The molecule has 2 unspecified atom stereocenters. The van der Waals surface area contributed by atoms with Crippen molar-refractivity contribution in [1.82, 2.24) is 8.61 Å². The minimum atomic E-state index is -3.69. The van der Waals surface area contributed by atoms with Gasteiger partial charge in [-0.3, -0.25) is 4.79 Å². The third kappa shape index (κ3) is 2.35. The van der Waals surface area contributed by atoms with E-state index in [1.165, 1.54) is 8.61 Å². The number of carboxylic acid groups (broad SMARTS) is 1. The fourth-order valence-corrected chi connectivity index (χ4v) is 5.72. The Kier molecular flexibility index (Phi) is 4.41. The first-order valence-electron chi connectivity index (χ1n) is 7.39. The third-order valence-corrected chi connectivity index (χ3v) is 6.95. The Bertz CT molecular complexity index is 479. The van der Waals surface area contributed by atoms with Crippen LogP contribution in [0.3, 0.4) is 0 Å². The van der Waals surface area contributed by atoms with Crippen LogP contribution in [0.15, 0.2) is 0 Å². The van der Waals surface area contributed by atoms with E-state index in [0.717, 1.165) is 19.3 Å². The summed E-state index contributed by atoms with van der Waals surface area (Å²) in [5.74, 6) is -1.02. The Morgan fingerprint density at radius 1 is 1.30 bits per heavy atom. The van der Waals surface area contributed by atoms with Gasteiger partial charge in [-0.15, -0.1) is 0 Å². The number of carbonyl (C=O) groups is 1. The van der Waals surface area contributed by atoms with Crippen LogP contribution >= 0.6 is 0 Å². The lowest BCUT2D eigenvalue weighted by Crippen LogP contribution is -2.58. The molecule has 2 heterocycles. The largest absolute Gasteiger partial charge is 0.480 e. The predicted octanol–water partition coefficient (Wildman–Crippen LogP) is 1.43. The van der Waals surface area contributed by atoms with Gasteiger partial charge in [0.2, 0.25) is 0 Å². The van der Waals surface area contributed by atoms with E-state index in [0.29, 0.717) is 32.4 Å². The highest BCUT2D eigenvalue weighted by Crippen LogP contribution is 2.37. The second kappa shape index (κ2) is 5.61. The molecule has 0 radical (unpaired) electrons. The van der Waals surface area contributed by atoms with Gasteiger partial charge in [-0.2, -0.15) is 17.0 Å². The van der Waals surface area contributed by atoms with E-state index in [2.05, 4.69) is 0 Å². The fraction of sp³-hybridized carbons (Fsp3) is 0.923. The van der Waals surface area contributed by atoms with E-state index >= 15 is 0 Å². The maximum atomic E-state index is 12.9. The number of aliphatic carboxylic acids is 1. The van der Waals surface area contributed by atoms with Gasteiger partial charge in [0.05, 0.1) is 0 Å². The molecule has 0 aromatic rings. The Morgan fingerprint density at radius 3 is 2.55 bits per heavy atom. The van der Waals surface area contributed by atoms with Gasteiger partial charge < -0.3 is 5.11 Å². The average molecular weight is 304 g/mol.